The minimum atomic E-state index is 0.101. The lowest BCUT2D eigenvalue weighted by molar-refractivity contribution is 0.0459. The minimum Gasteiger partial charge on any atom is -0.330 e. The summed E-state index contributed by atoms with van der Waals surface area (Å²) < 4.78 is 0. The van der Waals surface area contributed by atoms with E-state index in [4.69, 9.17) is 16.6 Å². The van der Waals surface area contributed by atoms with Crippen LogP contribution in [0.25, 0.3) is 5.70 Å². The molecule has 1 aliphatic heterocycles. The van der Waals surface area contributed by atoms with E-state index in [1.54, 1.807) is 5.56 Å². The fourth-order valence-corrected chi connectivity index (χ4v) is 8.16. The van der Waals surface area contributed by atoms with Gasteiger partial charge >= 0.3 is 0 Å². The van der Waals surface area contributed by atoms with Crippen LogP contribution >= 0.6 is 0 Å². The summed E-state index contributed by atoms with van der Waals surface area (Å²) in [7, 11) is 0. The molecule has 4 saturated carbocycles. The van der Waals surface area contributed by atoms with Gasteiger partial charge in [0.2, 0.25) is 0 Å². The zero-order chi connectivity index (χ0) is 34.1. The van der Waals surface area contributed by atoms with Gasteiger partial charge in [0.25, 0.3) is 0 Å². The molecule has 3 heteroatoms. The lowest BCUT2D eigenvalue weighted by Crippen LogP contribution is -2.49. The quantitative estimate of drug-likeness (QED) is 0.256. The molecule has 5 aliphatic rings. The van der Waals surface area contributed by atoms with Crippen molar-refractivity contribution >= 4 is 17.2 Å². The normalized spacial score (nSPS) is 23.8. The minimum absolute atomic E-state index is 0.101. The third-order valence-corrected chi connectivity index (χ3v) is 11.5. The largest absolute Gasteiger partial charge is 0.330 e. The monoisotopic (exact) mass is 636 g/mol. The highest BCUT2D eigenvalue weighted by Crippen LogP contribution is 2.58. The van der Waals surface area contributed by atoms with Crippen molar-refractivity contribution in [2.24, 2.45) is 21.7 Å². The van der Waals surface area contributed by atoms with Crippen molar-refractivity contribution in [2.45, 2.75) is 144 Å². The number of pyridine rings is 1. The SMILES string of the molecule is C=C(C1CCCCC1)N(CC12CCC(c3ccc(CC)cc3)(CC1)CC2)c1cc(C2=CCC(C(C)(C)C)=N2)ccn1.C=CCC.CC. The van der Waals surface area contributed by atoms with Crippen LogP contribution in [0.4, 0.5) is 5.82 Å². The first kappa shape index (κ1) is 36.9. The summed E-state index contributed by atoms with van der Waals surface area (Å²) in [5.41, 5.74) is 8.74. The van der Waals surface area contributed by atoms with Gasteiger partial charge in [-0.05, 0) is 104 Å². The molecule has 1 aromatic heterocycles. The van der Waals surface area contributed by atoms with Crippen molar-refractivity contribution in [1.82, 2.24) is 4.98 Å². The number of hydrogen-bond donors (Lipinski definition) is 0. The van der Waals surface area contributed by atoms with Crippen LogP contribution in [0.5, 0.6) is 0 Å². The van der Waals surface area contributed by atoms with Gasteiger partial charge in [-0.25, -0.2) is 4.98 Å². The molecule has 7 rings (SSSR count). The van der Waals surface area contributed by atoms with E-state index >= 15 is 0 Å². The predicted molar refractivity (Wildman–Crippen MR) is 206 cm³/mol. The van der Waals surface area contributed by atoms with Gasteiger partial charge in [-0.1, -0.05) is 111 Å². The molecule has 47 heavy (non-hydrogen) atoms. The number of aryl methyl sites for hydroxylation is 1. The van der Waals surface area contributed by atoms with Gasteiger partial charge < -0.3 is 4.90 Å². The molecule has 4 aliphatic carbocycles. The van der Waals surface area contributed by atoms with Crippen molar-refractivity contribution in [3.63, 3.8) is 0 Å². The molecule has 1 aromatic carbocycles. The maximum absolute atomic E-state index is 5.07. The van der Waals surface area contributed by atoms with Crippen LogP contribution in [-0.2, 0) is 11.8 Å². The van der Waals surface area contributed by atoms with Crippen LogP contribution in [0.3, 0.4) is 0 Å². The molecular formula is C44H65N3. The second kappa shape index (κ2) is 16.4. The highest BCUT2D eigenvalue weighted by molar-refractivity contribution is 5.99. The molecule has 0 spiro atoms. The van der Waals surface area contributed by atoms with Gasteiger partial charge in [-0.2, -0.15) is 0 Å². The fraction of sp³-hybridized carbons (Fsp3) is 0.591. The fourth-order valence-electron chi connectivity index (χ4n) is 8.16. The van der Waals surface area contributed by atoms with Gasteiger partial charge in [0.1, 0.15) is 5.82 Å². The average Bonchev–Trinajstić information content (AvgIpc) is 3.64. The zero-order valence-corrected chi connectivity index (χ0v) is 31.1. The van der Waals surface area contributed by atoms with E-state index < -0.39 is 0 Å². The Kier molecular flexibility index (Phi) is 12.9. The molecule has 2 aromatic rings. The summed E-state index contributed by atoms with van der Waals surface area (Å²) in [5.74, 6) is 1.65. The average molecular weight is 636 g/mol. The number of aliphatic imine (C=N–C) groups is 1. The molecule has 3 nitrogen and oxygen atoms in total. The molecule has 0 unspecified atom stereocenters. The summed E-state index contributed by atoms with van der Waals surface area (Å²) in [6.07, 6.45) is 23.7. The number of rotatable bonds is 9. The van der Waals surface area contributed by atoms with E-state index in [0.717, 1.165) is 37.3 Å². The molecule has 0 radical (unpaired) electrons. The number of nitrogens with zero attached hydrogens (tertiary/aromatic N) is 3. The van der Waals surface area contributed by atoms with E-state index in [0.29, 0.717) is 16.7 Å². The van der Waals surface area contributed by atoms with Crippen molar-refractivity contribution in [2.75, 3.05) is 11.4 Å². The van der Waals surface area contributed by atoms with Crippen LogP contribution in [0, 0.1) is 16.7 Å². The van der Waals surface area contributed by atoms with Gasteiger partial charge in [0.15, 0.2) is 0 Å². The van der Waals surface area contributed by atoms with Crippen LogP contribution in [-0.4, -0.2) is 17.2 Å². The van der Waals surface area contributed by atoms with E-state index in [1.165, 1.54) is 93.2 Å². The Balaban J connectivity index is 0.000000776. The maximum Gasteiger partial charge on any atom is 0.133 e. The molecule has 0 saturated heterocycles. The third-order valence-electron chi connectivity index (χ3n) is 11.5. The molecule has 0 atom stereocenters. The summed E-state index contributed by atoms with van der Waals surface area (Å²) in [6.45, 7) is 24.4. The second-order valence-corrected chi connectivity index (χ2v) is 15.4. The standard InChI is InChI=1S/C38H51N3.C4H8.C2H6/c1-6-29-12-14-32(15-13-29)38-22-19-37(20-23-38,21-24-38)27-41(28(2)30-10-8-7-9-11-30)35-26-31(18-25-39-35)33-16-17-34(40-33)36(3,4)5;1-3-4-2;1-2/h12-16,18,25-26,30H,2,6-11,17,19-24,27H2,1,3-5H3;3H,1,4H2,2H3;1-2H3. The Hall–Kier alpha value is -2.94. The third kappa shape index (κ3) is 8.76. The highest BCUT2D eigenvalue weighted by Gasteiger charge is 2.50. The van der Waals surface area contributed by atoms with Gasteiger partial charge in [-0.3, -0.25) is 4.99 Å². The van der Waals surface area contributed by atoms with Gasteiger partial charge in [-0.15, -0.1) is 6.58 Å². The molecular weight excluding hydrogens is 571 g/mol. The molecule has 0 amide bonds. The van der Waals surface area contributed by atoms with Crippen molar-refractivity contribution < 1.29 is 0 Å². The summed E-state index contributed by atoms with van der Waals surface area (Å²) >= 11 is 0. The van der Waals surface area contributed by atoms with Gasteiger partial charge in [0, 0.05) is 41.5 Å². The first-order valence-electron chi connectivity index (χ1n) is 19.0. The van der Waals surface area contributed by atoms with E-state index in [2.05, 4.69) is 88.6 Å². The first-order valence-corrected chi connectivity index (χ1v) is 19.0. The Labute approximate surface area is 288 Å². The van der Waals surface area contributed by atoms with Crippen LogP contribution in [0.2, 0.25) is 0 Å². The second-order valence-electron chi connectivity index (χ2n) is 15.4. The van der Waals surface area contributed by atoms with E-state index in [1.807, 2.05) is 26.1 Å². The van der Waals surface area contributed by atoms with Crippen molar-refractivity contribution in [1.29, 1.82) is 0 Å². The molecule has 2 heterocycles. The Morgan fingerprint density at radius 1 is 0.936 bits per heavy atom. The van der Waals surface area contributed by atoms with Crippen molar-refractivity contribution in [3.05, 3.63) is 90.3 Å². The lowest BCUT2D eigenvalue weighted by atomic mass is 9.51. The van der Waals surface area contributed by atoms with E-state index in [9.17, 15) is 0 Å². The van der Waals surface area contributed by atoms with Crippen LogP contribution < -0.4 is 4.90 Å². The molecule has 2 bridgehead atoms. The summed E-state index contributed by atoms with van der Waals surface area (Å²) in [4.78, 5) is 12.6. The molecule has 0 N–H and O–H groups in total. The lowest BCUT2D eigenvalue weighted by Gasteiger charge is -2.55. The topological polar surface area (TPSA) is 28.5 Å². The number of hydrogen-bond acceptors (Lipinski definition) is 3. The number of allylic oxidation sites excluding steroid dienone is 3. The first-order chi connectivity index (χ1) is 22.6. The maximum atomic E-state index is 5.07. The summed E-state index contributed by atoms with van der Waals surface area (Å²) in [6, 6.07) is 14.1. The number of anilines is 1. The Bertz CT molecular complexity index is 1360. The van der Waals surface area contributed by atoms with E-state index in [-0.39, 0.29) is 5.41 Å². The van der Waals surface area contributed by atoms with Crippen molar-refractivity contribution in [3.8, 4) is 0 Å². The Morgan fingerprint density at radius 2 is 1.55 bits per heavy atom. The van der Waals surface area contributed by atoms with Crippen LogP contribution in [0.1, 0.15) is 149 Å². The highest BCUT2D eigenvalue weighted by atomic mass is 15.2. The summed E-state index contributed by atoms with van der Waals surface area (Å²) in [5, 5.41) is 0. The molecule has 4 fully saturated rings. The predicted octanol–water partition coefficient (Wildman–Crippen LogP) is 12.7. The van der Waals surface area contributed by atoms with Gasteiger partial charge in [0.05, 0.1) is 5.70 Å². The smallest absolute Gasteiger partial charge is 0.133 e. The number of benzene rings is 1. The number of aromatic nitrogens is 1. The number of fused-ring (bicyclic) bond motifs is 3. The zero-order valence-electron chi connectivity index (χ0n) is 31.1. The van der Waals surface area contributed by atoms with Crippen LogP contribution in [0.15, 0.2) is 78.6 Å². The molecule has 256 valence electrons. The Morgan fingerprint density at radius 3 is 2.09 bits per heavy atom.